The van der Waals surface area contributed by atoms with Crippen LogP contribution >= 0.6 is 11.6 Å². The molecule has 4 nitrogen and oxygen atoms in total. The van der Waals surface area contributed by atoms with E-state index in [1.807, 2.05) is 13.8 Å². The number of carboxylic acid groups (broad SMARTS) is 1. The van der Waals surface area contributed by atoms with Gasteiger partial charge in [-0.2, -0.15) is 0 Å². The van der Waals surface area contributed by atoms with Crippen molar-refractivity contribution < 1.29 is 19.0 Å². The van der Waals surface area contributed by atoms with Crippen LogP contribution in [0.5, 0.6) is 11.5 Å². The van der Waals surface area contributed by atoms with Crippen LogP contribution in [0.2, 0.25) is 5.15 Å². The van der Waals surface area contributed by atoms with E-state index in [1.165, 1.54) is 18.3 Å². The van der Waals surface area contributed by atoms with Crippen molar-refractivity contribution in [3.63, 3.8) is 0 Å². The number of carbonyl (C=O) groups is 1. The summed E-state index contributed by atoms with van der Waals surface area (Å²) in [5, 5.41) is 9.00. The summed E-state index contributed by atoms with van der Waals surface area (Å²) in [6.45, 7) is 4.00. The molecule has 0 spiro atoms. The van der Waals surface area contributed by atoms with Gasteiger partial charge >= 0.3 is 5.97 Å². The average molecular weight is 298 g/mol. The second kappa shape index (κ2) is 7.45. The third-order valence-electron chi connectivity index (χ3n) is 2.10. The van der Waals surface area contributed by atoms with E-state index in [9.17, 15) is 9.18 Å². The Balaban J connectivity index is 0.000000956. The quantitative estimate of drug-likeness (QED) is 0.854. The van der Waals surface area contributed by atoms with E-state index in [4.69, 9.17) is 21.4 Å². The fourth-order valence-corrected chi connectivity index (χ4v) is 1.45. The standard InChI is InChI=1S/C12H7ClFNO3.C2H6/c13-11-6-8(3-4-15-11)18-10-5-7(12(16)17)1-2-9(10)14;1-2/h1-6H,(H,16,17);1-2H3. The molecule has 2 aromatic rings. The molecule has 0 unspecified atom stereocenters. The molecule has 0 fully saturated rings. The van der Waals surface area contributed by atoms with Crippen LogP contribution in [-0.2, 0) is 0 Å². The molecule has 0 aliphatic heterocycles. The average Bonchev–Trinajstić information content (AvgIpc) is 2.43. The number of ether oxygens (including phenoxy) is 1. The lowest BCUT2D eigenvalue weighted by atomic mass is 10.2. The van der Waals surface area contributed by atoms with Crippen LogP contribution in [0.25, 0.3) is 0 Å². The molecule has 1 aromatic carbocycles. The fraction of sp³-hybridized carbons (Fsp3) is 0.143. The summed E-state index contributed by atoms with van der Waals surface area (Å²) in [6.07, 6.45) is 1.40. The number of aromatic carboxylic acids is 1. The molecule has 20 heavy (non-hydrogen) atoms. The summed E-state index contributed by atoms with van der Waals surface area (Å²) in [7, 11) is 0. The van der Waals surface area contributed by atoms with Crippen LogP contribution in [0.15, 0.2) is 36.5 Å². The highest BCUT2D eigenvalue weighted by atomic mass is 35.5. The highest BCUT2D eigenvalue weighted by Crippen LogP contribution is 2.26. The molecule has 1 heterocycles. The molecule has 0 radical (unpaired) electrons. The normalized spacial score (nSPS) is 9.40. The summed E-state index contributed by atoms with van der Waals surface area (Å²) in [5.74, 6) is -1.73. The van der Waals surface area contributed by atoms with Gasteiger partial charge in [-0.25, -0.2) is 14.2 Å². The van der Waals surface area contributed by atoms with Crippen LogP contribution in [0.1, 0.15) is 24.2 Å². The Morgan fingerprint density at radius 3 is 2.60 bits per heavy atom. The molecule has 0 aliphatic carbocycles. The number of hydrogen-bond donors (Lipinski definition) is 1. The molecule has 0 aliphatic rings. The first-order valence-electron chi connectivity index (χ1n) is 5.88. The lowest BCUT2D eigenvalue weighted by molar-refractivity contribution is 0.0696. The molecule has 0 saturated heterocycles. The first-order chi connectivity index (χ1) is 9.56. The largest absolute Gasteiger partial charge is 0.478 e. The van der Waals surface area contributed by atoms with Crippen LogP contribution in [0, 0.1) is 5.82 Å². The van der Waals surface area contributed by atoms with Crippen LogP contribution in [0.3, 0.4) is 0 Å². The van der Waals surface area contributed by atoms with Gasteiger partial charge in [-0.15, -0.1) is 0 Å². The van der Waals surface area contributed by atoms with Gasteiger partial charge in [0, 0.05) is 12.3 Å². The Labute approximate surface area is 120 Å². The SMILES string of the molecule is CC.O=C(O)c1ccc(F)c(Oc2ccnc(Cl)c2)c1. The smallest absolute Gasteiger partial charge is 0.335 e. The van der Waals surface area contributed by atoms with Gasteiger partial charge in [0.25, 0.3) is 0 Å². The minimum Gasteiger partial charge on any atom is -0.478 e. The van der Waals surface area contributed by atoms with Crippen LogP contribution in [0.4, 0.5) is 4.39 Å². The summed E-state index contributed by atoms with van der Waals surface area (Å²) in [6, 6.07) is 6.17. The van der Waals surface area contributed by atoms with E-state index in [2.05, 4.69) is 4.98 Å². The summed E-state index contributed by atoms with van der Waals surface area (Å²) < 4.78 is 18.7. The molecule has 0 amide bonds. The van der Waals surface area contributed by atoms with Gasteiger partial charge in [0.15, 0.2) is 11.6 Å². The summed E-state index contributed by atoms with van der Waals surface area (Å²) in [4.78, 5) is 14.5. The number of benzene rings is 1. The van der Waals surface area contributed by atoms with E-state index in [0.29, 0.717) is 0 Å². The molecule has 0 saturated carbocycles. The second-order valence-electron chi connectivity index (χ2n) is 3.37. The summed E-state index contributed by atoms with van der Waals surface area (Å²) >= 11 is 5.65. The number of nitrogens with zero attached hydrogens (tertiary/aromatic N) is 1. The van der Waals surface area contributed by atoms with Gasteiger partial charge in [0.1, 0.15) is 10.9 Å². The van der Waals surface area contributed by atoms with Gasteiger partial charge in [-0.1, -0.05) is 25.4 Å². The Kier molecular flexibility index (Phi) is 5.93. The number of rotatable bonds is 3. The van der Waals surface area contributed by atoms with Gasteiger partial charge < -0.3 is 9.84 Å². The molecular weight excluding hydrogens is 285 g/mol. The van der Waals surface area contributed by atoms with Crippen LogP contribution < -0.4 is 4.74 Å². The van der Waals surface area contributed by atoms with E-state index >= 15 is 0 Å². The Hall–Kier alpha value is -2.14. The van der Waals surface area contributed by atoms with Crippen molar-refractivity contribution in [3.8, 4) is 11.5 Å². The second-order valence-corrected chi connectivity index (χ2v) is 3.75. The molecule has 1 N–H and O–H groups in total. The van der Waals surface area contributed by atoms with Gasteiger partial charge in [-0.3, -0.25) is 0 Å². The van der Waals surface area contributed by atoms with E-state index in [0.717, 1.165) is 18.2 Å². The minimum absolute atomic E-state index is 0.0634. The zero-order valence-corrected chi connectivity index (χ0v) is 11.7. The van der Waals surface area contributed by atoms with E-state index in [-0.39, 0.29) is 22.2 Å². The zero-order valence-electron chi connectivity index (χ0n) is 10.9. The van der Waals surface area contributed by atoms with Crippen molar-refractivity contribution in [1.29, 1.82) is 0 Å². The van der Waals surface area contributed by atoms with Crippen molar-refractivity contribution in [2.24, 2.45) is 0 Å². The maximum absolute atomic E-state index is 13.5. The molecule has 106 valence electrons. The third-order valence-corrected chi connectivity index (χ3v) is 2.31. The molecule has 6 heteroatoms. The lowest BCUT2D eigenvalue weighted by Crippen LogP contribution is -1.98. The fourth-order valence-electron chi connectivity index (χ4n) is 1.29. The minimum atomic E-state index is -1.16. The Morgan fingerprint density at radius 1 is 1.30 bits per heavy atom. The number of hydrogen-bond acceptors (Lipinski definition) is 3. The van der Waals surface area contributed by atoms with Gasteiger partial charge in [0.05, 0.1) is 5.56 Å². The third kappa shape index (κ3) is 4.20. The lowest BCUT2D eigenvalue weighted by Gasteiger charge is -2.07. The molecule has 0 atom stereocenters. The number of carboxylic acids is 1. The first-order valence-corrected chi connectivity index (χ1v) is 6.26. The van der Waals surface area contributed by atoms with Crippen molar-refractivity contribution in [1.82, 2.24) is 4.98 Å². The predicted octanol–water partition coefficient (Wildman–Crippen LogP) is 4.39. The summed E-state index contributed by atoms with van der Waals surface area (Å²) in [5.41, 5.74) is -0.0634. The monoisotopic (exact) mass is 297 g/mol. The van der Waals surface area contributed by atoms with Crippen molar-refractivity contribution in [3.05, 3.63) is 53.1 Å². The van der Waals surface area contributed by atoms with Crippen molar-refractivity contribution in [2.75, 3.05) is 0 Å². The molecule has 1 aromatic heterocycles. The maximum Gasteiger partial charge on any atom is 0.335 e. The van der Waals surface area contributed by atoms with Crippen LogP contribution in [-0.4, -0.2) is 16.1 Å². The Morgan fingerprint density at radius 2 is 2.00 bits per heavy atom. The van der Waals surface area contributed by atoms with E-state index in [1.54, 1.807) is 0 Å². The van der Waals surface area contributed by atoms with Gasteiger partial charge in [0.2, 0.25) is 0 Å². The zero-order chi connectivity index (χ0) is 15.1. The highest BCUT2D eigenvalue weighted by Gasteiger charge is 2.10. The topological polar surface area (TPSA) is 59.4 Å². The van der Waals surface area contributed by atoms with Crippen molar-refractivity contribution >= 4 is 17.6 Å². The maximum atomic E-state index is 13.5. The number of halogens is 2. The van der Waals surface area contributed by atoms with E-state index < -0.39 is 11.8 Å². The first kappa shape index (κ1) is 15.9. The van der Waals surface area contributed by atoms with Gasteiger partial charge in [-0.05, 0) is 24.3 Å². The predicted molar refractivity (Wildman–Crippen MR) is 74.0 cm³/mol. The molecule has 2 rings (SSSR count). The molecular formula is C14H13ClFNO3. The highest BCUT2D eigenvalue weighted by molar-refractivity contribution is 6.29. The number of aromatic nitrogens is 1. The Bertz CT molecular complexity index is 605. The molecule has 0 bridgehead atoms. The number of pyridine rings is 1. The van der Waals surface area contributed by atoms with Crippen molar-refractivity contribution in [2.45, 2.75) is 13.8 Å².